The molecule has 2 aromatic rings. The number of nitrogens with zero attached hydrogens (tertiary/aromatic N) is 2. The minimum absolute atomic E-state index is 0.139. The molecule has 0 bridgehead atoms. The Bertz CT molecular complexity index is 533. The molecule has 0 amide bonds. The zero-order valence-electron chi connectivity index (χ0n) is 7.72. The van der Waals surface area contributed by atoms with Crippen molar-refractivity contribution in [3.8, 4) is 5.69 Å². The average molecular weight is 266 g/mol. The molecule has 4 nitrogen and oxygen atoms in total. The molecule has 0 saturated heterocycles. The first-order valence-electron chi connectivity index (χ1n) is 4.26. The zero-order chi connectivity index (χ0) is 10.8. The van der Waals surface area contributed by atoms with Crippen LogP contribution < -0.4 is 11.3 Å². The number of halogens is 1. The van der Waals surface area contributed by atoms with Crippen LogP contribution in [0.3, 0.4) is 0 Å². The molecule has 1 aromatic carbocycles. The summed E-state index contributed by atoms with van der Waals surface area (Å²) in [7, 11) is 0. The molecule has 15 heavy (non-hydrogen) atoms. The van der Waals surface area contributed by atoms with Gasteiger partial charge in [-0.1, -0.05) is 15.9 Å². The molecule has 1 aromatic heterocycles. The van der Waals surface area contributed by atoms with Crippen molar-refractivity contribution in [2.45, 2.75) is 0 Å². The fourth-order valence-corrected chi connectivity index (χ4v) is 1.45. The van der Waals surface area contributed by atoms with Crippen molar-refractivity contribution in [3.05, 3.63) is 51.6 Å². The Labute approximate surface area is 94.5 Å². The lowest BCUT2D eigenvalue weighted by Crippen LogP contribution is -2.14. The average Bonchev–Trinajstić information content (AvgIpc) is 2.23. The summed E-state index contributed by atoms with van der Waals surface area (Å²) in [5.41, 5.74) is 6.12. The van der Waals surface area contributed by atoms with Crippen molar-refractivity contribution >= 4 is 21.6 Å². The largest absolute Gasteiger partial charge is 0.393 e. The van der Waals surface area contributed by atoms with Crippen LogP contribution in [0.15, 0.2) is 46.1 Å². The Kier molecular flexibility index (Phi) is 2.55. The van der Waals surface area contributed by atoms with Gasteiger partial charge in [-0.05, 0) is 24.3 Å². The molecule has 0 spiro atoms. The molecular weight excluding hydrogens is 258 g/mol. The van der Waals surface area contributed by atoms with Gasteiger partial charge in [0, 0.05) is 16.4 Å². The highest BCUT2D eigenvalue weighted by Crippen LogP contribution is 2.13. The highest BCUT2D eigenvalue weighted by atomic mass is 79.9. The smallest absolute Gasteiger partial charge is 0.295 e. The summed E-state index contributed by atoms with van der Waals surface area (Å²) >= 11 is 3.34. The van der Waals surface area contributed by atoms with Crippen LogP contribution in [0.5, 0.6) is 0 Å². The summed E-state index contributed by atoms with van der Waals surface area (Å²) in [5.74, 6) is 0. The summed E-state index contributed by atoms with van der Waals surface area (Å²) in [5, 5.41) is 0. The van der Waals surface area contributed by atoms with Crippen LogP contribution in [0.25, 0.3) is 5.69 Å². The predicted molar refractivity (Wildman–Crippen MR) is 61.9 cm³/mol. The Balaban J connectivity index is 2.50. The molecule has 0 aliphatic heterocycles. The van der Waals surface area contributed by atoms with E-state index >= 15 is 0 Å². The lowest BCUT2D eigenvalue weighted by molar-refractivity contribution is 0.967. The molecule has 0 aliphatic carbocycles. The van der Waals surface area contributed by atoms with Crippen LogP contribution >= 0.6 is 15.9 Å². The normalized spacial score (nSPS) is 10.2. The van der Waals surface area contributed by atoms with E-state index < -0.39 is 5.56 Å². The molecule has 76 valence electrons. The minimum atomic E-state index is -0.400. The number of hydrogen-bond acceptors (Lipinski definition) is 3. The summed E-state index contributed by atoms with van der Waals surface area (Å²) < 4.78 is 2.69. The van der Waals surface area contributed by atoms with E-state index in [2.05, 4.69) is 20.9 Å². The number of rotatable bonds is 1. The van der Waals surface area contributed by atoms with Crippen molar-refractivity contribution in [3.63, 3.8) is 0 Å². The fourth-order valence-electron chi connectivity index (χ4n) is 1.18. The maximum atomic E-state index is 11.0. The van der Waals surface area contributed by atoms with E-state index in [4.69, 9.17) is 5.73 Å². The molecular formula is C10H8BrN3O. The van der Waals surface area contributed by atoms with Gasteiger partial charge in [0.15, 0.2) is 0 Å². The number of nitrogen functional groups attached to an aromatic ring is 1. The van der Waals surface area contributed by atoms with Gasteiger partial charge in [-0.3, -0.25) is 4.79 Å². The maximum absolute atomic E-state index is 11.0. The van der Waals surface area contributed by atoms with Crippen LogP contribution in [0.1, 0.15) is 0 Å². The second-order valence-corrected chi connectivity index (χ2v) is 3.93. The lowest BCUT2D eigenvalue weighted by atomic mass is 10.3. The van der Waals surface area contributed by atoms with Crippen molar-refractivity contribution in [2.75, 3.05) is 5.73 Å². The highest BCUT2D eigenvalue weighted by Gasteiger charge is 1.98. The van der Waals surface area contributed by atoms with Gasteiger partial charge in [0.05, 0.1) is 0 Å². The highest BCUT2D eigenvalue weighted by molar-refractivity contribution is 9.10. The SMILES string of the molecule is Nc1cn(-c2ccc(Br)cc2)cnc1=O. The molecule has 0 radical (unpaired) electrons. The monoisotopic (exact) mass is 265 g/mol. The van der Waals surface area contributed by atoms with Gasteiger partial charge in [-0.2, -0.15) is 4.98 Å². The van der Waals surface area contributed by atoms with Crippen LogP contribution in [0.4, 0.5) is 5.69 Å². The van der Waals surface area contributed by atoms with Crippen LogP contribution in [-0.2, 0) is 0 Å². The molecule has 2 N–H and O–H groups in total. The van der Waals surface area contributed by atoms with Crippen LogP contribution in [0.2, 0.25) is 0 Å². The summed E-state index contributed by atoms with van der Waals surface area (Å²) in [6.45, 7) is 0. The first-order valence-corrected chi connectivity index (χ1v) is 5.06. The van der Waals surface area contributed by atoms with Crippen molar-refractivity contribution in [1.82, 2.24) is 9.55 Å². The standard InChI is InChI=1S/C10H8BrN3O/c11-7-1-3-8(4-2-7)14-5-9(12)10(15)13-6-14/h1-6H,12H2. The van der Waals surface area contributed by atoms with Gasteiger partial charge in [-0.25, -0.2) is 0 Å². The topological polar surface area (TPSA) is 60.9 Å². The van der Waals surface area contributed by atoms with Crippen LogP contribution in [-0.4, -0.2) is 9.55 Å². The van der Waals surface area contributed by atoms with Gasteiger partial charge in [0.2, 0.25) is 0 Å². The Morgan fingerprint density at radius 1 is 1.27 bits per heavy atom. The number of aromatic nitrogens is 2. The third-order valence-corrected chi connectivity index (χ3v) is 2.48. The van der Waals surface area contributed by atoms with Gasteiger partial charge < -0.3 is 10.3 Å². The maximum Gasteiger partial charge on any atom is 0.295 e. The second-order valence-electron chi connectivity index (χ2n) is 3.02. The van der Waals surface area contributed by atoms with Crippen molar-refractivity contribution < 1.29 is 0 Å². The number of anilines is 1. The van der Waals surface area contributed by atoms with E-state index in [-0.39, 0.29) is 5.69 Å². The molecule has 5 heteroatoms. The number of hydrogen-bond donors (Lipinski definition) is 1. The molecule has 0 fully saturated rings. The minimum Gasteiger partial charge on any atom is -0.393 e. The summed E-state index contributed by atoms with van der Waals surface area (Å²) in [4.78, 5) is 14.6. The first-order chi connectivity index (χ1) is 7.16. The Morgan fingerprint density at radius 2 is 1.93 bits per heavy atom. The van der Waals surface area contributed by atoms with E-state index in [9.17, 15) is 4.79 Å². The predicted octanol–water partition coefficient (Wildman–Crippen LogP) is 1.58. The van der Waals surface area contributed by atoms with Crippen LogP contribution in [0, 0.1) is 0 Å². The van der Waals surface area contributed by atoms with E-state index in [0.29, 0.717) is 0 Å². The second kappa shape index (κ2) is 3.86. The summed E-state index contributed by atoms with van der Waals surface area (Å²) in [6.07, 6.45) is 3.00. The van der Waals surface area contributed by atoms with Gasteiger partial charge in [0.25, 0.3) is 5.56 Å². The first kappa shape index (κ1) is 9.92. The van der Waals surface area contributed by atoms with E-state index in [0.717, 1.165) is 10.2 Å². The van der Waals surface area contributed by atoms with E-state index in [1.807, 2.05) is 24.3 Å². The number of nitrogens with two attached hydrogens (primary N) is 1. The van der Waals surface area contributed by atoms with Gasteiger partial charge >= 0.3 is 0 Å². The molecule has 0 saturated carbocycles. The molecule has 0 unspecified atom stereocenters. The van der Waals surface area contributed by atoms with Gasteiger partial charge in [-0.15, -0.1) is 0 Å². The lowest BCUT2D eigenvalue weighted by Gasteiger charge is -2.05. The van der Waals surface area contributed by atoms with E-state index in [1.165, 1.54) is 6.33 Å². The zero-order valence-corrected chi connectivity index (χ0v) is 9.31. The fraction of sp³-hybridized carbons (Fsp3) is 0. The number of benzene rings is 1. The van der Waals surface area contributed by atoms with Crippen molar-refractivity contribution in [1.29, 1.82) is 0 Å². The summed E-state index contributed by atoms with van der Waals surface area (Å²) in [6, 6.07) is 7.61. The molecule has 0 atom stereocenters. The molecule has 2 rings (SSSR count). The molecule has 0 aliphatic rings. The Morgan fingerprint density at radius 3 is 2.53 bits per heavy atom. The quantitative estimate of drug-likeness (QED) is 0.852. The Hall–Kier alpha value is -1.62. The van der Waals surface area contributed by atoms with E-state index in [1.54, 1.807) is 10.8 Å². The van der Waals surface area contributed by atoms with Crippen molar-refractivity contribution in [2.24, 2.45) is 0 Å². The third kappa shape index (κ3) is 2.07. The molecule has 1 heterocycles. The third-order valence-electron chi connectivity index (χ3n) is 1.95. The van der Waals surface area contributed by atoms with Gasteiger partial charge in [0.1, 0.15) is 12.0 Å².